The van der Waals surface area contributed by atoms with Crippen molar-refractivity contribution in [2.24, 2.45) is 17.9 Å². The molecule has 0 spiro atoms. The molecule has 5 N–H and O–H groups in total. The number of hydrogen-bond acceptors (Lipinski definition) is 5. The highest BCUT2D eigenvalue weighted by Crippen LogP contribution is 2.40. The van der Waals surface area contributed by atoms with E-state index in [9.17, 15) is 18.3 Å². The molecule has 2 amide bonds. The highest BCUT2D eigenvalue weighted by Gasteiger charge is 2.27. The lowest BCUT2D eigenvalue weighted by molar-refractivity contribution is 0.255. The van der Waals surface area contributed by atoms with Crippen LogP contribution in [0.1, 0.15) is 0 Å². The summed E-state index contributed by atoms with van der Waals surface area (Å²) in [7, 11) is -2.77. The Kier molecular flexibility index (Phi) is 4.00. The monoisotopic (exact) mass is 345 g/mol. The number of urea groups is 1. The minimum Gasteiger partial charge on any atom is -0.504 e. The summed E-state index contributed by atoms with van der Waals surface area (Å²) in [6, 6.07) is 2.92. The van der Waals surface area contributed by atoms with Crippen molar-refractivity contribution in [1.82, 2.24) is 9.78 Å². The standard InChI is InChI=1S/C11H12ClN5O4S/c1-16-8(4-5-15-16)17(11(13)19)7-3-2-6(12)10(9(7)18)22(14,20)21/h2-5,18H,1H3,(H2,13,19)(H2,14,20,21). The number of nitrogens with two attached hydrogens (primary N) is 2. The number of primary sulfonamides is 1. The van der Waals surface area contributed by atoms with Gasteiger partial charge in [0.1, 0.15) is 10.7 Å². The number of phenolic OH excluding ortho intramolecular Hbond substituents is 1. The Morgan fingerprint density at radius 1 is 1.41 bits per heavy atom. The first-order valence-corrected chi connectivity index (χ1v) is 7.69. The molecule has 9 nitrogen and oxygen atoms in total. The average molecular weight is 346 g/mol. The van der Waals surface area contributed by atoms with Crippen LogP contribution in [-0.2, 0) is 17.1 Å². The quantitative estimate of drug-likeness (QED) is 0.747. The summed E-state index contributed by atoms with van der Waals surface area (Å²) in [6.45, 7) is 0. The lowest BCUT2D eigenvalue weighted by atomic mass is 10.2. The molecule has 22 heavy (non-hydrogen) atoms. The van der Waals surface area contributed by atoms with Gasteiger partial charge in [-0.25, -0.2) is 23.3 Å². The lowest BCUT2D eigenvalue weighted by Crippen LogP contribution is -2.33. The Labute approximate surface area is 130 Å². The molecule has 0 fully saturated rings. The highest BCUT2D eigenvalue weighted by molar-refractivity contribution is 7.89. The first-order valence-electron chi connectivity index (χ1n) is 5.76. The van der Waals surface area contributed by atoms with Gasteiger partial charge in [0.15, 0.2) is 5.75 Å². The van der Waals surface area contributed by atoms with Crippen LogP contribution in [0, 0.1) is 0 Å². The molecule has 0 aliphatic carbocycles. The topological polar surface area (TPSA) is 145 Å². The minimum atomic E-state index is -4.31. The van der Waals surface area contributed by atoms with E-state index in [1.165, 1.54) is 29.1 Å². The zero-order valence-corrected chi connectivity index (χ0v) is 12.8. The summed E-state index contributed by atoms with van der Waals surface area (Å²) in [6.07, 6.45) is 1.40. The van der Waals surface area contributed by atoms with E-state index < -0.39 is 26.7 Å². The van der Waals surface area contributed by atoms with E-state index in [-0.39, 0.29) is 16.5 Å². The fraction of sp³-hybridized carbons (Fsp3) is 0.0909. The van der Waals surface area contributed by atoms with Gasteiger partial charge in [0, 0.05) is 13.1 Å². The summed E-state index contributed by atoms with van der Waals surface area (Å²) in [5.74, 6) is -0.569. The first-order chi connectivity index (χ1) is 10.1. The number of sulfonamides is 1. The van der Waals surface area contributed by atoms with E-state index in [4.69, 9.17) is 22.5 Å². The summed E-state index contributed by atoms with van der Waals surface area (Å²) in [5.41, 5.74) is 5.13. The van der Waals surface area contributed by atoms with Crippen molar-refractivity contribution in [1.29, 1.82) is 0 Å². The van der Waals surface area contributed by atoms with Crippen molar-refractivity contribution in [3.63, 3.8) is 0 Å². The van der Waals surface area contributed by atoms with Crippen molar-refractivity contribution < 1.29 is 18.3 Å². The fourth-order valence-corrected chi connectivity index (χ4v) is 3.12. The minimum absolute atomic E-state index is 0.190. The number of nitrogens with zero attached hydrogens (tertiary/aromatic N) is 3. The van der Waals surface area contributed by atoms with E-state index >= 15 is 0 Å². The number of anilines is 2. The number of aromatic nitrogens is 2. The normalized spacial score (nSPS) is 11.4. The van der Waals surface area contributed by atoms with Crippen molar-refractivity contribution in [2.75, 3.05) is 4.90 Å². The maximum atomic E-state index is 11.7. The average Bonchev–Trinajstić information content (AvgIpc) is 2.77. The van der Waals surface area contributed by atoms with E-state index in [0.29, 0.717) is 0 Å². The molecule has 0 radical (unpaired) electrons. The molecule has 0 unspecified atom stereocenters. The maximum Gasteiger partial charge on any atom is 0.325 e. The van der Waals surface area contributed by atoms with Gasteiger partial charge in [-0.3, -0.25) is 4.68 Å². The first kappa shape index (κ1) is 16.1. The molecule has 0 aliphatic heterocycles. The van der Waals surface area contributed by atoms with Crippen molar-refractivity contribution in [2.45, 2.75) is 4.90 Å². The molecule has 0 saturated carbocycles. The van der Waals surface area contributed by atoms with Crippen LogP contribution < -0.4 is 15.8 Å². The van der Waals surface area contributed by atoms with E-state index in [0.717, 1.165) is 4.90 Å². The Morgan fingerprint density at radius 3 is 2.50 bits per heavy atom. The van der Waals surface area contributed by atoms with Gasteiger partial charge in [-0.2, -0.15) is 5.10 Å². The third kappa shape index (κ3) is 2.71. The number of primary amides is 1. The number of carbonyl (C=O) groups is 1. The SMILES string of the molecule is Cn1nccc1N(C(N)=O)c1ccc(Cl)c(S(N)(=O)=O)c1O. The number of carbonyl (C=O) groups excluding carboxylic acids is 1. The third-order valence-electron chi connectivity index (χ3n) is 2.83. The molecule has 0 bridgehead atoms. The van der Waals surface area contributed by atoms with Crippen LogP contribution in [0.5, 0.6) is 5.75 Å². The molecule has 0 aliphatic rings. The van der Waals surface area contributed by atoms with Crippen LogP contribution in [0.15, 0.2) is 29.3 Å². The molecule has 1 aromatic heterocycles. The molecule has 2 rings (SSSR count). The largest absolute Gasteiger partial charge is 0.504 e. The van der Waals surface area contributed by atoms with E-state index in [1.807, 2.05) is 0 Å². The van der Waals surface area contributed by atoms with Crippen LogP contribution in [0.3, 0.4) is 0 Å². The molecule has 2 aromatic rings. The second-order valence-electron chi connectivity index (χ2n) is 4.28. The molecule has 11 heteroatoms. The molecule has 1 aromatic carbocycles. The van der Waals surface area contributed by atoms with Gasteiger partial charge in [0.05, 0.1) is 16.9 Å². The number of aromatic hydroxyl groups is 1. The Bertz CT molecular complexity index is 848. The zero-order valence-electron chi connectivity index (χ0n) is 11.3. The van der Waals surface area contributed by atoms with E-state index in [2.05, 4.69) is 5.10 Å². The maximum absolute atomic E-state index is 11.7. The fourth-order valence-electron chi connectivity index (χ4n) is 1.93. The summed E-state index contributed by atoms with van der Waals surface area (Å²) in [5, 5.41) is 18.8. The predicted octanol–water partition coefficient (Wildman–Crippen LogP) is 0.643. The second kappa shape index (κ2) is 5.48. The van der Waals surface area contributed by atoms with Gasteiger partial charge >= 0.3 is 6.03 Å². The molecule has 0 saturated heterocycles. The highest BCUT2D eigenvalue weighted by atomic mass is 35.5. The lowest BCUT2D eigenvalue weighted by Gasteiger charge is -2.22. The molecule has 1 heterocycles. The number of hydrogen-bond donors (Lipinski definition) is 3. The summed E-state index contributed by atoms with van der Waals surface area (Å²) >= 11 is 5.76. The Hall–Kier alpha value is -2.30. The van der Waals surface area contributed by atoms with Crippen LogP contribution >= 0.6 is 11.6 Å². The van der Waals surface area contributed by atoms with Gasteiger partial charge < -0.3 is 10.8 Å². The van der Waals surface area contributed by atoms with Gasteiger partial charge in [0.25, 0.3) is 0 Å². The van der Waals surface area contributed by atoms with Crippen molar-refractivity contribution in [3.05, 3.63) is 29.4 Å². The zero-order chi connectivity index (χ0) is 16.7. The number of phenols is 1. The van der Waals surface area contributed by atoms with Gasteiger partial charge in [0.2, 0.25) is 10.0 Å². The summed E-state index contributed by atoms with van der Waals surface area (Å²) in [4.78, 5) is 11.9. The Balaban J connectivity index is 2.75. The molecule has 118 valence electrons. The van der Waals surface area contributed by atoms with Gasteiger partial charge in [-0.05, 0) is 12.1 Å². The number of halogens is 1. The van der Waals surface area contributed by atoms with Crippen molar-refractivity contribution in [3.8, 4) is 5.75 Å². The van der Waals surface area contributed by atoms with Gasteiger partial charge in [-0.1, -0.05) is 11.6 Å². The predicted molar refractivity (Wildman–Crippen MR) is 79.4 cm³/mol. The smallest absolute Gasteiger partial charge is 0.325 e. The van der Waals surface area contributed by atoms with Crippen LogP contribution in [-0.4, -0.2) is 29.3 Å². The number of rotatable bonds is 3. The van der Waals surface area contributed by atoms with Gasteiger partial charge in [-0.15, -0.1) is 0 Å². The Morgan fingerprint density at radius 2 is 2.05 bits per heavy atom. The third-order valence-corrected chi connectivity index (χ3v) is 4.24. The molecular formula is C11H12ClN5O4S. The number of aryl methyl sites for hydroxylation is 1. The van der Waals surface area contributed by atoms with Crippen LogP contribution in [0.2, 0.25) is 5.02 Å². The van der Waals surface area contributed by atoms with Crippen LogP contribution in [0.4, 0.5) is 16.3 Å². The summed E-state index contributed by atoms with van der Waals surface area (Å²) < 4.78 is 24.4. The second-order valence-corrected chi connectivity index (χ2v) is 6.18. The van der Waals surface area contributed by atoms with E-state index in [1.54, 1.807) is 7.05 Å². The number of benzene rings is 1. The molecule has 0 atom stereocenters. The van der Waals surface area contributed by atoms with Crippen LogP contribution in [0.25, 0.3) is 0 Å². The number of amides is 2. The molecular weight excluding hydrogens is 334 g/mol. The van der Waals surface area contributed by atoms with Crippen molar-refractivity contribution >= 4 is 39.2 Å².